The first-order chi connectivity index (χ1) is 9.99. The Hall–Kier alpha value is -0.860. The summed E-state index contributed by atoms with van der Waals surface area (Å²) in [6.45, 7) is 16.5. The zero-order valence-corrected chi connectivity index (χ0v) is 14.6. The minimum atomic E-state index is 0.436. The average Bonchev–Trinajstić information content (AvgIpc) is 3.00. The molecule has 0 spiro atoms. The molecule has 1 aromatic rings. The van der Waals surface area contributed by atoms with E-state index in [1.165, 1.54) is 46.2 Å². The lowest BCUT2D eigenvalue weighted by molar-refractivity contribution is 0.176. The maximum absolute atomic E-state index is 5.66. The number of rotatable bonds is 5. The van der Waals surface area contributed by atoms with Gasteiger partial charge in [0.2, 0.25) is 0 Å². The first-order valence-electron chi connectivity index (χ1n) is 8.37. The highest BCUT2D eigenvalue weighted by molar-refractivity contribution is 5.51. The number of nitrogens with one attached hydrogen (secondary N) is 1. The van der Waals surface area contributed by atoms with Gasteiger partial charge in [-0.05, 0) is 87.4 Å². The number of ether oxygens (including phenoxy) is 1. The zero-order chi connectivity index (χ0) is 15.6. The third-order valence-corrected chi connectivity index (χ3v) is 5.42. The van der Waals surface area contributed by atoms with Gasteiger partial charge in [-0.2, -0.15) is 0 Å². The summed E-state index contributed by atoms with van der Waals surface area (Å²) in [5.74, 6) is 0.607. The van der Waals surface area contributed by atoms with Crippen molar-refractivity contribution in [2.24, 2.45) is 5.92 Å². The molecule has 1 aromatic carbocycles. The summed E-state index contributed by atoms with van der Waals surface area (Å²) in [6.07, 6.45) is 2.35. The number of hydrogen-bond acceptors (Lipinski definition) is 2. The van der Waals surface area contributed by atoms with Gasteiger partial charge in [-0.15, -0.1) is 0 Å². The van der Waals surface area contributed by atoms with E-state index in [1.807, 2.05) is 0 Å². The van der Waals surface area contributed by atoms with Crippen LogP contribution in [0.1, 0.15) is 59.2 Å². The van der Waals surface area contributed by atoms with Gasteiger partial charge in [0.25, 0.3) is 0 Å². The SMILES string of the molecule is CCCNC(c1c(C)c(C)c(C)c(C)c1C)C1CCOC1. The number of hydrogen-bond donors (Lipinski definition) is 1. The molecule has 2 atom stereocenters. The van der Waals surface area contributed by atoms with Gasteiger partial charge in [-0.25, -0.2) is 0 Å². The minimum Gasteiger partial charge on any atom is -0.381 e. The van der Waals surface area contributed by atoms with E-state index in [1.54, 1.807) is 0 Å². The van der Waals surface area contributed by atoms with Crippen molar-refractivity contribution in [1.82, 2.24) is 5.32 Å². The monoisotopic (exact) mass is 289 g/mol. The third-order valence-electron chi connectivity index (χ3n) is 5.42. The Bertz CT molecular complexity index is 472. The van der Waals surface area contributed by atoms with Crippen molar-refractivity contribution in [2.75, 3.05) is 19.8 Å². The maximum Gasteiger partial charge on any atom is 0.0513 e. The first kappa shape index (κ1) is 16.5. The van der Waals surface area contributed by atoms with Crippen LogP contribution in [-0.2, 0) is 4.74 Å². The van der Waals surface area contributed by atoms with Crippen molar-refractivity contribution in [1.29, 1.82) is 0 Å². The number of benzene rings is 1. The van der Waals surface area contributed by atoms with E-state index in [-0.39, 0.29) is 0 Å². The quantitative estimate of drug-likeness (QED) is 0.872. The van der Waals surface area contributed by atoms with Crippen molar-refractivity contribution in [3.05, 3.63) is 33.4 Å². The molecule has 2 unspecified atom stereocenters. The highest BCUT2D eigenvalue weighted by Gasteiger charge is 2.30. The van der Waals surface area contributed by atoms with Crippen molar-refractivity contribution in [2.45, 2.75) is 60.4 Å². The molecule has 118 valence electrons. The van der Waals surface area contributed by atoms with E-state index in [0.29, 0.717) is 12.0 Å². The van der Waals surface area contributed by atoms with Crippen LogP contribution in [0.5, 0.6) is 0 Å². The van der Waals surface area contributed by atoms with E-state index < -0.39 is 0 Å². The second kappa shape index (κ2) is 6.93. The Balaban J connectivity index is 2.48. The molecule has 1 saturated heterocycles. The minimum absolute atomic E-state index is 0.436. The average molecular weight is 289 g/mol. The second-order valence-electron chi connectivity index (χ2n) is 6.59. The van der Waals surface area contributed by atoms with E-state index in [9.17, 15) is 0 Å². The van der Waals surface area contributed by atoms with Gasteiger partial charge in [0.15, 0.2) is 0 Å². The lowest BCUT2D eigenvalue weighted by atomic mass is 9.81. The summed E-state index contributed by atoms with van der Waals surface area (Å²) in [5, 5.41) is 3.80. The molecule has 2 heteroatoms. The highest BCUT2D eigenvalue weighted by Crippen LogP contribution is 2.36. The van der Waals surface area contributed by atoms with Gasteiger partial charge in [0.1, 0.15) is 0 Å². The summed E-state index contributed by atoms with van der Waals surface area (Å²) >= 11 is 0. The third kappa shape index (κ3) is 3.17. The summed E-state index contributed by atoms with van der Waals surface area (Å²) < 4.78 is 5.66. The molecule has 2 nitrogen and oxygen atoms in total. The van der Waals surface area contributed by atoms with E-state index in [2.05, 4.69) is 46.9 Å². The topological polar surface area (TPSA) is 21.3 Å². The molecule has 0 saturated carbocycles. The molecule has 2 rings (SSSR count). The molecule has 1 fully saturated rings. The molecule has 0 aliphatic carbocycles. The Labute approximate surface area is 130 Å². The Kier molecular flexibility index (Phi) is 5.45. The Morgan fingerprint density at radius 2 is 1.57 bits per heavy atom. The van der Waals surface area contributed by atoms with E-state index in [0.717, 1.165) is 19.8 Å². The lowest BCUT2D eigenvalue weighted by Crippen LogP contribution is -2.31. The Morgan fingerprint density at radius 3 is 2.05 bits per heavy atom. The fourth-order valence-electron chi connectivity index (χ4n) is 3.62. The van der Waals surface area contributed by atoms with Gasteiger partial charge in [0, 0.05) is 18.6 Å². The van der Waals surface area contributed by atoms with Gasteiger partial charge in [-0.3, -0.25) is 0 Å². The van der Waals surface area contributed by atoms with Gasteiger partial charge >= 0.3 is 0 Å². The van der Waals surface area contributed by atoms with E-state index >= 15 is 0 Å². The highest BCUT2D eigenvalue weighted by atomic mass is 16.5. The van der Waals surface area contributed by atoms with Crippen LogP contribution in [-0.4, -0.2) is 19.8 Å². The molecule has 0 aromatic heterocycles. The van der Waals surface area contributed by atoms with Crippen molar-refractivity contribution in [3.8, 4) is 0 Å². The predicted octanol–water partition coefficient (Wildman–Crippen LogP) is 4.31. The predicted molar refractivity (Wildman–Crippen MR) is 90.1 cm³/mol. The van der Waals surface area contributed by atoms with E-state index in [4.69, 9.17) is 4.74 Å². The molecular formula is C19H31NO. The molecule has 0 amide bonds. The summed E-state index contributed by atoms with van der Waals surface area (Å²) in [4.78, 5) is 0. The maximum atomic E-state index is 5.66. The van der Waals surface area contributed by atoms with Crippen LogP contribution in [0.2, 0.25) is 0 Å². The molecular weight excluding hydrogens is 258 g/mol. The molecule has 1 heterocycles. The lowest BCUT2D eigenvalue weighted by Gasteiger charge is -2.30. The largest absolute Gasteiger partial charge is 0.381 e. The molecule has 0 radical (unpaired) electrons. The van der Waals surface area contributed by atoms with Crippen molar-refractivity contribution in [3.63, 3.8) is 0 Å². The van der Waals surface area contributed by atoms with Crippen molar-refractivity contribution >= 4 is 0 Å². The molecule has 21 heavy (non-hydrogen) atoms. The fraction of sp³-hybridized carbons (Fsp3) is 0.684. The molecule has 1 aliphatic rings. The van der Waals surface area contributed by atoms with Crippen LogP contribution in [0.15, 0.2) is 0 Å². The van der Waals surface area contributed by atoms with Gasteiger partial charge < -0.3 is 10.1 Å². The first-order valence-corrected chi connectivity index (χ1v) is 8.37. The van der Waals surface area contributed by atoms with Crippen LogP contribution in [0.25, 0.3) is 0 Å². The standard InChI is InChI=1S/C19H31NO/c1-7-9-20-19(17-8-10-21-11-17)18-15(5)13(3)12(2)14(4)16(18)6/h17,19-20H,7-11H2,1-6H3. The summed E-state index contributed by atoms with van der Waals surface area (Å²) in [7, 11) is 0. The normalized spacial score (nSPS) is 20.0. The summed E-state index contributed by atoms with van der Waals surface area (Å²) in [6, 6.07) is 0.436. The molecule has 1 aliphatic heterocycles. The molecule has 0 bridgehead atoms. The van der Waals surface area contributed by atoms with Crippen LogP contribution < -0.4 is 5.32 Å². The zero-order valence-electron chi connectivity index (χ0n) is 14.6. The summed E-state index contributed by atoms with van der Waals surface area (Å²) in [5.41, 5.74) is 8.82. The second-order valence-corrected chi connectivity index (χ2v) is 6.59. The van der Waals surface area contributed by atoms with Crippen molar-refractivity contribution < 1.29 is 4.74 Å². The van der Waals surface area contributed by atoms with Crippen LogP contribution in [0.3, 0.4) is 0 Å². The Morgan fingerprint density at radius 1 is 1.00 bits per heavy atom. The molecule has 1 N–H and O–H groups in total. The van der Waals surface area contributed by atoms with Crippen LogP contribution in [0.4, 0.5) is 0 Å². The van der Waals surface area contributed by atoms with Crippen LogP contribution in [0, 0.1) is 40.5 Å². The van der Waals surface area contributed by atoms with Crippen LogP contribution >= 0.6 is 0 Å². The van der Waals surface area contributed by atoms with Gasteiger partial charge in [-0.1, -0.05) is 6.92 Å². The smallest absolute Gasteiger partial charge is 0.0513 e. The van der Waals surface area contributed by atoms with Gasteiger partial charge in [0.05, 0.1) is 6.61 Å². The fourth-order valence-corrected chi connectivity index (χ4v) is 3.62.